The predicted octanol–water partition coefficient (Wildman–Crippen LogP) is 3.28. The molecule has 2 aromatic rings. The van der Waals surface area contributed by atoms with Crippen molar-refractivity contribution < 1.29 is 24.2 Å². The number of benzene rings is 2. The minimum atomic E-state index is -1.09. The van der Waals surface area contributed by atoms with Crippen LogP contribution in [0.25, 0.3) is 11.1 Å². The van der Waals surface area contributed by atoms with Gasteiger partial charge in [0, 0.05) is 18.4 Å². The van der Waals surface area contributed by atoms with E-state index in [1.54, 1.807) is 6.92 Å². The second-order valence-corrected chi connectivity index (χ2v) is 8.32. The lowest BCUT2D eigenvalue weighted by Crippen LogP contribution is -2.45. The van der Waals surface area contributed by atoms with Crippen molar-refractivity contribution in [1.82, 2.24) is 10.6 Å². The van der Waals surface area contributed by atoms with Gasteiger partial charge in [0.05, 0.1) is 0 Å². The van der Waals surface area contributed by atoms with E-state index < -0.39 is 23.5 Å². The van der Waals surface area contributed by atoms with Gasteiger partial charge in [0.2, 0.25) is 5.91 Å². The Hall–Kier alpha value is -3.35. The lowest BCUT2D eigenvalue weighted by atomic mass is 9.98. The maximum Gasteiger partial charge on any atom is 0.407 e. The van der Waals surface area contributed by atoms with Crippen LogP contribution in [0.2, 0.25) is 0 Å². The monoisotopic (exact) mass is 422 g/mol. The van der Waals surface area contributed by atoms with Gasteiger partial charge in [-0.3, -0.25) is 4.79 Å². The molecule has 7 heteroatoms. The van der Waals surface area contributed by atoms with Crippen molar-refractivity contribution in [3.63, 3.8) is 0 Å². The number of hydrogen-bond donors (Lipinski definition) is 3. The normalized spacial score (nSPS) is 16.5. The first-order chi connectivity index (χ1) is 14.9. The lowest BCUT2D eigenvalue weighted by Gasteiger charge is -2.17. The molecule has 2 aliphatic rings. The van der Waals surface area contributed by atoms with Crippen molar-refractivity contribution in [2.75, 3.05) is 13.2 Å². The molecule has 0 aliphatic heterocycles. The van der Waals surface area contributed by atoms with E-state index in [1.165, 1.54) is 11.1 Å². The Kier molecular flexibility index (Phi) is 5.67. The third-order valence-electron chi connectivity index (χ3n) is 6.16. The number of fused-ring (bicyclic) bond motifs is 3. The fourth-order valence-corrected chi connectivity index (χ4v) is 4.05. The van der Waals surface area contributed by atoms with E-state index in [-0.39, 0.29) is 25.0 Å². The number of ether oxygens (including phenoxy) is 1. The highest BCUT2D eigenvalue weighted by Crippen LogP contribution is 2.44. The maximum atomic E-state index is 12.2. The average Bonchev–Trinajstić information content (AvgIpc) is 3.48. The zero-order valence-electron chi connectivity index (χ0n) is 17.4. The molecular formula is C24H26N2O5. The van der Waals surface area contributed by atoms with Crippen LogP contribution in [-0.2, 0) is 14.3 Å². The molecule has 1 unspecified atom stereocenters. The number of aliphatic carboxylic acids is 1. The van der Waals surface area contributed by atoms with Gasteiger partial charge in [0.25, 0.3) is 0 Å². The molecule has 0 aromatic heterocycles. The molecule has 7 nitrogen and oxygen atoms in total. The molecule has 2 amide bonds. The Labute approximate surface area is 180 Å². The van der Waals surface area contributed by atoms with Gasteiger partial charge < -0.3 is 20.5 Å². The Morgan fingerprint density at radius 3 is 2.19 bits per heavy atom. The van der Waals surface area contributed by atoms with E-state index in [4.69, 9.17) is 9.84 Å². The summed E-state index contributed by atoms with van der Waals surface area (Å²) in [7, 11) is 0. The number of amides is 2. The summed E-state index contributed by atoms with van der Waals surface area (Å²) in [6.07, 6.45) is 0.780. The zero-order valence-corrected chi connectivity index (χ0v) is 17.4. The third kappa shape index (κ3) is 4.26. The van der Waals surface area contributed by atoms with E-state index >= 15 is 0 Å². The molecule has 0 bridgehead atoms. The number of alkyl carbamates (subject to hydrolysis) is 1. The van der Waals surface area contributed by atoms with Crippen molar-refractivity contribution in [2.45, 2.75) is 37.6 Å². The minimum absolute atomic E-state index is 0.00592. The molecule has 3 N–H and O–H groups in total. The smallest absolute Gasteiger partial charge is 0.407 e. The van der Waals surface area contributed by atoms with Gasteiger partial charge in [-0.2, -0.15) is 0 Å². The second kappa shape index (κ2) is 8.41. The molecule has 0 radical (unpaired) electrons. The Bertz CT molecular complexity index is 969. The fraction of sp³-hybridized carbons (Fsp3) is 0.375. The molecule has 2 aliphatic carbocycles. The summed E-state index contributed by atoms with van der Waals surface area (Å²) in [5.74, 6) is -1.72. The van der Waals surface area contributed by atoms with Crippen LogP contribution in [0.4, 0.5) is 4.79 Å². The first-order valence-electron chi connectivity index (χ1n) is 10.6. The predicted molar refractivity (Wildman–Crippen MR) is 115 cm³/mol. The number of hydrogen-bond acceptors (Lipinski definition) is 4. The van der Waals surface area contributed by atoms with Gasteiger partial charge in [0.15, 0.2) is 0 Å². The molecular weight excluding hydrogens is 396 g/mol. The first kappa shape index (κ1) is 20.9. The zero-order chi connectivity index (χ0) is 22.0. The number of nitrogens with one attached hydrogen (secondary N) is 2. The summed E-state index contributed by atoms with van der Waals surface area (Å²) in [4.78, 5) is 35.6. The van der Waals surface area contributed by atoms with E-state index in [0.29, 0.717) is 19.3 Å². The van der Waals surface area contributed by atoms with E-state index in [2.05, 4.69) is 34.9 Å². The standard InChI is InChI=1S/C24H26N2O5/c1-15(21(27)26-24(11-12-24)22(28)29)10-13-25-23(30)31-14-20-18-8-4-2-6-16(18)17-7-3-5-9-19(17)20/h2-9,15,20H,10-14H2,1H3,(H,25,30)(H,26,27)(H,28,29). The molecule has 2 aromatic carbocycles. The molecule has 0 heterocycles. The summed E-state index contributed by atoms with van der Waals surface area (Å²) >= 11 is 0. The minimum Gasteiger partial charge on any atom is -0.480 e. The number of carboxylic acids is 1. The van der Waals surface area contributed by atoms with Gasteiger partial charge in [-0.05, 0) is 41.5 Å². The highest BCUT2D eigenvalue weighted by atomic mass is 16.5. The molecule has 1 fully saturated rings. The van der Waals surface area contributed by atoms with E-state index in [9.17, 15) is 14.4 Å². The Balaban J connectivity index is 1.25. The van der Waals surface area contributed by atoms with Crippen LogP contribution < -0.4 is 10.6 Å². The van der Waals surface area contributed by atoms with Gasteiger partial charge in [-0.15, -0.1) is 0 Å². The Morgan fingerprint density at radius 1 is 1.06 bits per heavy atom. The SMILES string of the molecule is CC(CCNC(=O)OCC1c2ccccc2-c2ccccc21)C(=O)NC1(C(=O)O)CC1. The summed E-state index contributed by atoms with van der Waals surface area (Å²) in [5.41, 5.74) is 3.54. The van der Waals surface area contributed by atoms with Gasteiger partial charge in [0.1, 0.15) is 12.1 Å². The van der Waals surface area contributed by atoms with Crippen LogP contribution in [0, 0.1) is 5.92 Å². The van der Waals surface area contributed by atoms with E-state index in [0.717, 1.165) is 11.1 Å². The van der Waals surface area contributed by atoms with E-state index in [1.807, 2.05) is 24.3 Å². The lowest BCUT2D eigenvalue weighted by molar-refractivity contribution is -0.143. The summed E-state index contributed by atoms with van der Waals surface area (Å²) < 4.78 is 5.48. The topological polar surface area (TPSA) is 105 Å². The molecule has 162 valence electrons. The number of carboxylic acid groups (broad SMARTS) is 1. The third-order valence-corrected chi connectivity index (χ3v) is 6.16. The van der Waals surface area contributed by atoms with Crippen LogP contribution in [0.5, 0.6) is 0 Å². The van der Waals surface area contributed by atoms with Crippen LogP contribution in [0.15, 0.2) is 48.5 Å². The van der Waals surface area contributed by atoms with Crippen molar-refractivity contribution in [2.24, 2.45) is 5.92 Å². The molecule has 31 heavy (non-hydrogen) atoms. The van der Waals surface area contributed by atoms with Gasteiger partial charge in [-0.1, -0.05) is 55.5 Å². The number of rotatable bonds is 8. The molecule has 4 rings (SSSR count). The molecule has 0 spiro atoms. The van der Waals surface area contributed by atoms with Crippen molar-refractivity contribution in [3.8, 4) is 11.1 Å². The average molecular weight is 422 g/mol. The maximum absolute atomic E-state index is 12.2. The molecule has 1 atom stereocenters. The van der Waals surface area contributed by atoms with Crippen LogP contribution in [0.3, 0.4) is 0 Å². The van der Waals surface area contributed by atoms with Crippen molar-refractivity contribution in [1.29, 1.82) is 0 Å². The fourth-order valence-electron chi connectivity index (χ4n) is 4.05. The second-order valence-electron chi connectivity index (χ2n) is 8.32. The summed E-state index contributed by atoms with van der Waals surface area (Å²) in [5, 5.41) is 14.5. The number of carbonyl (C=O) groups excluding carboxylic acids is 2. The Morgan fingerprint density at radius 2 is 1.65 bits per heavy atom. The van der Waals surface area contributed by atoms with Crippen LogP contribution >= 0.6 is 0 Å². The quantitative estimate of drug-likeness (QED) is 0.606. The summed E-state index contributed by atoms with van der Waals surface area (Å²) in [6.45, 7) is 2.22. The largest absolute Gasteiger partial charge is 0.480 e. The van der Waals surface area contributed by atoms with Crippen LogP contribution in [0.1, 0.15) is 43.2 Å². The van der Waals surface area contributed by atoms with Crippen molar-refractivity contribution in [3.05, 3.63) is 59.7 Å². The van der Waals surface area contributed by atoms with Crippen molar-refractivity contribution >= 4 is 18.0 Å². The van der Waals surface area contributed by atoms with Gasteiger partial charge in [-0.25, -0.2) is 9.59 Å². The first-order valence-corrected chi connectivity index (χ1v) is 10.6. The van der Waals surface area contributed by atoms with Crippen LogP contribution in [-0.4, -0.2) is 41.8 Å². The molecule has 1 saturated carbocycles. The highest BCUT2D eigenvalue weighted by Gasteiger charge is 2.51. The molecule has 0 saturated heterocycles. The summed E-state index contributed by atoms with van der Waals surface area (Å²) in [6, 6.07) is 16.3. The highest BCUT2D eigenvalue weighted by molar-refractivity contribution is 5.90. The number of carbonyl (C=O) groups is 3. The van der Waals surface area contributed by atoms with Gasteiger partial charge >= 0.3 is 12.1 Å².